The zero-order chi connectivity index (χ0) is 19.1. The van der Waals surface area contributed by atoms with Crippen LogP contribution < -0.4 is 21.9 Å². The average Bonchev–Trinajstić information content (AvgIpc) is 2.57. The number of carbonyl (C=O) groups excluding carboxylic acids is 1. The number of nitrogens with one attached hydrogen (secondary N) is 3. The molecule has 138 valence electrons. The van der Waals surface area contributed by atoms with Gasteiger partial charge in [0.05, 0.1) is 21.4 Å². The molecule has 12 heteroatoms. The van der Waals surface area contributed by atoms with Gasteiger partial charge in [0, 0.05) is 31.3 Å². The van der Waals surface area contributed by atoms with Crippen LogP contribution >= 0.6 is 23.4 Å². The van der Waals surface area contributed by atoms with Crippen LogP contribution in [0.2, 0.25) is 5.02 Å². The smallest absolute Gasteiger partial charge is 0.271 e. The maximum absolute atomic E-state index is 11.8. The Morgan fingerprint density at radius 2 is 2.15 bits per heavy atom. The lowest BCUT2D eigenvalue weighted by Gasteiger charge is -2.09. The number of thioether (sulfide) groups is 1. The van der Waals surface area contributed by atoms with Crippen LogP contribution in [0.1, 0.15) is 0 Å². The Morgan fingerprint density at radius 1 is 1.38 bits per heavy atom. The molecule has 10 nitrogen and oxygen atoms in total. The first-order chi connectivity index (χ1) is 12.3. The summed E-state index contributed by atoms with van der Waals surface area (Å²) in [6.45, 7) is 0.689. The maximum Gasteiger partial charge on any atom is 0.271 e. The molecule has 0 atom stereocenters. The lowest BCUT2D eigenvalue weighted by atomic mass is 10.3. The van der Waals surface area contributed by atoms with Crippen molar-refractivity contribution in [1.29, 1.82) is 0 Å². The molecular formula is C14H15ClN6O4S. The van der Waals surface area contributed by atoms with Crippen LogP contribution in [-0.4, -0.2) is 39.6 Å². The zero-order valence-electron chi connectivity index (χ0n) is 13.3. The van der Waals surface area contributed by atoms with Gasteiger partial charge in [0.1, 0.15) is 5.82 Å². The minimum Gasteiger partial charge on any atom is -0.383 e. The molecule has 1 amide bonds. The number of amides is 1. The summed E-state index contributed by atoms with van der Waals surface area (Å²) in [5.74, 6) is -0.109. The van der Waals surface area contributed by atoms with Crippen molar-refractivity contribution in [3.05, 3.63) is 49.8 Å². The Balaban J connectivity index is 1.73. The predicted molar refractivity (Wildman–Crippen MR) is 99.6 cm³/mol. The van der Waals surface area contributed by atoms with E-state index < -0.39 is 4.92 Å². The lowest BCUT2D eigenvalue weighted by Crippen LogP contribution is -2.30. The number of anilines is 2. The molecule has 1 heterocycles. The lowest BCUT2D eigenvalue weighted by molar-refractivity contribution is -0.384. The van der Waals surface area contributed by atoms with Crippen molar-refractivity contribution in [2.45, 2.75) is 5.16 Å². The van der Waals surface area contributed by atoms with Crippen molar-refractivity contribution < 1.29 is 9.72 Å². The highest BCUT2D eigenvalue weighted by molar-refractivity contribution is 7.99. The second-order valence-electron chi connectivity index (χ2n) is 4.96. The van der Waals surface area contributed by atoms with E-state index in [4.69, 9.17) is 17.3 Å². The van der Waals surface area contributed by atoms with Gasteiger partial charge < -0.3 is 21.4 Å². The van der Waals surface area contributed by atoms with E-state index in [-0.39, 0.29) is 38.9 Å². The van der Waals surface area contributed by atoms with Crippen LogP contribution in [0.5, 0.6) is 0 Å². The number of rotatable bonds is 8. The van der Waals surface area contributed by atoms with Gasteiger partial charge in [-0.15, -0.1) is 0 Å². The number of benzene rings is 1. The summed E-state index contributed by atoms with van der Waals surface area (Å²) in [4.78, 5) is 39.5. The topological polar surface area (TPSA) is 156 Å². The van der Waals surface area contributed by atoms with Crippen LogP contribution in [0.25, 0.3) is 0 Å². The number of nitro groups is 1. The van der Waals surface area contributed by atoms with Crippen molar-refractivity contribution >= 4 is 46.5 Å². The number of nitrogens with two attached hydrogens (primary N) is 1. The largest absolute Gasteiger partial charge is 0.383 e. The number of nitrogen functional groups attached to an aromatic ring is 1. The number of non-ortho nitro benzene ring substituents is 1. The minimum absolute atomic E-state index is 0.0602. The molecule has 5 N–H and O–H groups in total. The third-order valence-electron chi connectivity index (χ3n) is 3.01. The molecule has 1 aromatic heterocycles. The van der Waals surface area contributed by atoms with Gasteiger partial charge in [0.25, 0.3) is 11.2 Å². The fourth-order valence-electron chi connectivity index (χ4n) is 1.87. The molecule has 2 rings (SSSR count). The summed E-state index contributed by atoms with van der Waals surface area (Å²) >= 11 is 7.01. The zero-order valence-corrected chi connectivity index (χ0v) is 14.9. The molecule has 0 radical (unpaired) electrons. The number of halogens is 1. The molecule has 0 aliphatic rings. The van der Waals surface area contributed by atoms with Crippen molar-refractivity contribution in [2.24, 2.45) is 0 Å². The summed E-state index contributed by atoms with van der Waals surface area (Å²) in [5, 5.41) is 16.8. The maximum atomic E-state index is 11.8. The number of nitrogens with zero attached hydrogens (tertiary/aromatic N) is 2. The van der Waals surface area contributed by atoms with E-state index in [0.717, 1.165) is 17.8 Å². The van der Waals surface area contributed by atoms with Crippen molar-refractivity contribution in [3.8, 4) is 0 Å². The standard InChI is InChI=1S/C14H15ClN6O4S/c15-9-5-8(21(24)25)1-2-10(9)17-3-4-18-13(23)7-26-14-19-11(16)6-12(22)20-14/h1-2,5-6,17H,3-4,7H2,(H,18,23)(H3,16,19,20,22). The Labute approximate surface area is 156 Å². The van der Waals surface area contributed by atoms with Crippen molar-refractivity contribution in [2.75, 3.05) is 29.9 Å². The number of aromatic amines is 1. The van der Waals surface area contributed by atoms with E-state index >= 15 is 0 Å². The van der Waals surface area contributed by atoms with Crippen molar-refractivity contribution in [1.82, 2.24) is 15.3 Å². The van der Waals surface area contributed by atoms with Crippen LogP contribution in [0.4, 0.5) is 17.2 Å². The van der Waals surface area contributed by atoms with E-state index in [0.29, 0.717) is 18.8 Å². The van der Waals surface area contributed by atoms with Gasteiger partial charge in [-0.3, -0.25) is 19.7 Å². The number of nitro benzene ring substituents is 1. The van der Waals surface area contributed by atoms with Crippen LogP contribution in [0.3, 0.4) is 0 Å². The molecule has 0 saturated carbocycles. The van der Waals surface area contributed by atoms with Gasteiger partial charge in [0.15, 0.2) is 5.16 Å². The Hall–Kier alpha value is -2.79. The number of H-pyrrole nitrogens is 1. The van der Waals surface area contributed by atoms with Gasteiger partial charge in [-0.05, 0) is 6.07 Å². The van der Waals surface area contributed by atoms with Crippen molar-refractivity contribution in [3.63, 3.8) is 0 Å². The molecule has 0 spiro atoms. The van der Waals surface area contributed by atoms with E-state index in [1.807, 2.05) is 0 Å². The van der Waals surface area contributed by atoms with E-state index in [1.165, 1.54) is 18.2 Å². The number of hydrogen-bond acceptors (Lipinski definition) is 8. The fraction of sp³-hybridized carbons (Fsp3) is 0.214. The summed E-state index contributed by atoms with van der Waals surface area (Å²) < 4.78 is 0. The fourth-order valence-corrected chi connectivity index (χ4v) is 2.82. The Bertz CT molecular complexity index is 875. The first-order valence-electron chi connectivity index (χ1n) is 7.29. The SMILES string of the molecule is Nc1cc(=O)[nH]c(SCC(=O)NCCNc2ccc([N+](=O)[O-])cc2Cl)n1. The third kappa shape index (κ3) is 5.93. The monoisotopic (exact) mass is 398 g/mol. The van der Waals surface area contributed by atoms with Gasteiger partial charge in [0.2, 0.25) is 5.91 Å². The molecule has 0 aliphatic carbocycles. The molecule has 0 saturated heterocycles. The van der Waals surface area contributed by atoms with E-state index in [2.05, 4.69) is 20.6 Å². The Morgan fingerprint density at radius 3 is 2.81 bits per heavy atom. The Kier molecular flexibility index (Phi) is 6.81. The number of aromatic nitrogens is 2. The summed E-state index contributed by atoms with van der Waals surface area (Å²) in [6.07, 6.45) is 0. The molecule has 0 fully saturated rings. The van der Waals surface area contributed by atoms with Gasteiger partial charge in [-0.2, -0.15) is 0 Å². The molecule has 2 aromatic rings. The molecule has 0 unspecified atom stereocenters. The quantitative estimate of drug-likeness (QED) is 0.170. The second-order valence-corrected chi connectivity index (χ2v) is 6.33. The molecule has 26 heavy (non-hydrogen) atoms. The molecule has 0 bridgehead atoms. The molecular weight excluding hydrogens is 384 g/mol. The minimum atomic E-state index is -0.532. The third-order valence-corrected chi connectivity index (χ3v) is 4.19. The highest BCUT2D eigenvalue weighted by Gasteiger charge is 2.09. The van der Waals surface area contributed by atoms with Gasteiger partial charge >= 0.3 is 0 Å². The van der Waals surface area contributed by atoms with Gasteiger partial charge in [-0.25, -0.2) is 4.98 Å². The number of hydrogen-bond donors (Lipinski definition) is 4. The molecule has 1 aromatic carbocycles. The average molecular weight is 399 g/mol. The summed E-state index contributed by atoms with van der Waals surface area (Å²) in [5.41, 5.74) is 5.50. The van der Waals surface area contributed by atoms with E-state index in [1.54, 1.807) is 0 Å². The highest BCUT2D eigenvalue weighted by Crippen LogP contribution is 2.26. The second kappa shape index (κ2) is 9.06. The van der Waals surface area contributed by atoms with Crippen LogP contribution in [0, 0.1) is 10.1 Å². The van der Waals surface area contributed by atoms with Gasteiger partial charge in [-0.1, -0.05) is 23.4 Å². The summed E-state index contributed by atoms with van der Waals surface area (Å²) in [7, 11) is 0. The first kappa shape index (κ1) is 19.5. The van der Waals surface area contributed by atoms with E-state index in [9.17, 15) is 19.7 Å². The predicted octanol–water partition coefficient (Wildman–Crippen LogP) is 1.23. The van der Waals surface area contributed by atoms with Crippen LogP contribution in [0.15, 0.2) is 34.2 Å². The first-order valence-corrected chi connectivity index (χ1v) is 8.65. The molecule has 0 aliphatic heterocycles. The number of carbonyl (C=O) groups is 1. The highest BCUT2D eigenvalue weighted by atomic mass is 35.5. The normalized spacial score (nSPS) is 10.3. The van der Waals surface area contributed by atoms with Crippen LogP contribution in [-0.2, 0) is 4.79 Å². The summed E-state index contributed by atoms with van der Waals surface area (Å²) in [6, 6.07) is 5.24.